The predicted octanol–water partition coefficient (Wildman–Crippen LogP) is 1.74. The Morgan fingerprint density at radius 2 is 2.10 bits per heavy atom. The van der Waals surface area contributed by atoms with Gasteiger partial charge in [0, 0.05) is 12.3 Å². The Hall–Kier alpha value is 0.880. The molecule has 0 aromatic heterocycles. The zero-order valence-electron chi connectivity index (χ0n) is 6.49. The molecule has 0 bridgehead atoms. The van der Waals surface area contributed by atoms with Crippen molar-refractivity contribution in [1.82, 2.24) is 6.15 Å². The van der Waals surface area contributed by atoms with Crippen molar-refractivity contribution in [1.29, 1.82) is 0 Å². The Morgan fingerprint density at radius 3 is 2.40 bits per heavy atom. The largest absolute Gasteiger partial charge is 0.793 e. The first-order valence-corrected chi connectivity index (χ1v) is 6.95. The van der Waals surface area contributed by atoms with Crippen molar-refractivity contribution in [3.63, 3.8) is 0 Å². The van der Waals surface area contributed by atoms with Gasteiger partial charge in [-0.1, -0.05) is 18.7 Å². The Bertz CT molecular complexity index is 112. The summed E-state index contributed by atoms with van der Waals surface area (Å²) < 4.78 is 4.80. The van der Waals surface area contributed by atoms with E-state index in [1.54, 1.807) is 6.92 Å². The van der Waals surface area contributed by atoms with Gasteiger partial charge in [0.2, 0.25) is 0 Å². The van der Waals surface area contributed by atoms with Crippen LogP contribution in [0.2, 0.25) is 0 Å². The van der Waals surface area contributed by atoms with Crippen LogP contribution in [0.15, 0.2) is 0 Å². The molecule has 0 rings (SSSR count). The standard InChI is InChI=1S/C4H11O2PS2.H3N/c1-3-6-7(5,8)9-4-2;/h3-4H2,1-2H3,(H,5,8);1H3. The summed E-state index contributed by atoms with van der Waals surface area (Å²) in [5.41, 5.74) is -2.69. The molecule has 0 spiro atoms. The molecule has 4 N–H and O–H groups in total. The fraction of sp³-hybridized carbons (Fsp3) is 1.00. The topological polar surface area (TPSA) is 68.8 Å². The van der Waals surface area contributed by atoms with Crippen LogP contribution in [-0.2, 0) is 16.3 Å². The molecular weight excluding hydrogens is 189 g/mol. The second-order valence-corrected chi connectivity index (χ2v) is 7.62. The molecule has 64 valence electrons. The SMILES string of the molecule is CCOP([O-])(=S)SCC.[NH4+]. The van der Waals surface area contributed by atoms with Gasteiger partial charge in [-0.15, -0.1) is 11.4 Å². The van der Waals surface area contributed by atoms with E-state index in [1.807, 2.05) is 6.92 Å². The minimum atomic E-state index is -2.69. The van der Waals surface area contributed by atoms with Crippen molar-refractivity contribution >= 4 is 28.9 Å². The summed E-state index contributed by atoms with van der Waals surface area (Å²) in [6.45, 7) is 4.13. The molecule has 1 atom stereocenters. The van der Waals surface area contributed by atoms with Crippen LogP contribution in [0.1, 0.15) is 13.8 Å². The lowest BCUT2D eigenvalue weighted by Crippen LogP contribution is -2.00. The molecule has 0 fully saturated rings. The van der Waals surface area contributed by atoms with Gasteiger partial charge in [-0.2, -0.15) is 0 Å². The lowest BCUT2D eigenvalue weighted by molar-refractivity contribution is -0.174. The molecule has 0 aliphatic carbocycles. The van der Waals surface area contributed by atoms with Crippen LogP contribution in [0.3, 0.4) is 0 Å². The first kappa shape index (κ1) is 13.5. The Kier molecular flexibility index (Phi) is 8.86. The van der Waals surface area contributed by atoms with E-state index in [9.17, 15) is 4.89 Å². The van der Waals surface area contributed by atoms with Crippen LogP contribution >= 0.6 is 17.1 Å². The number of quaternary nitrogens is 1. The van der Waals surface area contributed by atoms with E-state index < -0.39 is 5.69 Å². The van der Waals surface area contributed by atoms with Gasteiger partial charge in [-0.3, -0.25) is 0 Å². The summed E-state index contributed by atoms with van der Waals surface area (Å²) in [5, 5.41) is 0. The van der Waals surface area contributed by atoms with Gasteiger partial charge in [0.1, 0.15) is 0 Å². The molecule has 0 aliphatic heterocycles. The van der Waals surface area contributed by atoms with Gasteiger partial charge >= 0.3 is 0 Å². The number of rotatable bonds is 4. The zero-order chi connectivity index (χ0) is 7.33. The highest BCUT2D eigenvalue weighted by atomic mass is 32.9. The van der Waals surface area contributed by atoms with Gasteiger partial charge in [-0.05, 0) is 12.7 Å². The van der Waals surface area contributed by atoms with Crippen molar-refractivity contribution in [3.05, 3.63) is 0 Å². The first-order chi connectivity index (χ1) is 4.12. The third-order valence-corrected chi connectivity index (χ3v) is 5.03. The van der Waals surface area contributed by atoms with Crippen molar-refractivity contribution in [2.75, 3.05) is 12.4 Å². The Balaban J connectivity index is 0. The molecule has 0 heterocycles. The molecule has 6 heteroatoms. The van der Waals surface area contributed by atoms with Crippen LogP contribution in [0, 0.1) is 0 Å². The molecule has 0 aromatic rings. The smallest absolute Gasteiger partial charge is 0.0485 e. The number of hydrogen-bond donors (Lipinski definition) is 1. The average Bonchev–Trinajstić information content (AvgIpc) is 1.64. The van der Waals surface area contributed by atoms with Crippen LogP contribution < -0.4 is 11.0 Å². The van der Waals surface area contributed by atoms with E-state index >= 15 is 0 Å². The van der Waals surface area contributed by atoms with Crippen LogP contribution in [0.5, 0.6) is 0 Å². The average molecular weight is 203 g/mol. The second kappa shape index (κ2) is 6.58. The molecule has 0 radical (unpaired) electrons. The molecule has 0 aromatic carbocycles. The van der Waals surface area contributed by atoms with Crippen LogP contribution in [-0.4, -0.2) is 12.4 Å². The van der Waals surface area contributed by atoms with Crippen molar-refractivity contribution in [3.8, 4) is 0 Å². The summed E-state index contributed by atoms with van der Waals surface area (Å²) in [6, 6.07) is 0. The molecule has 10 heavy (non-hydrogen) atoms. The van der Waals surface area contributed by atoms with Crippen LogP contribution in [0.4, 0.5) is 0 Å². The normalized spacial score (nSPS) is 15.5. The third-order valence-electron chi connectivity index (χ3n) is 0.574. The molecule has 3 nitrogen and oxygen atoms in total. The van der Waals surface area contributed by atoms with Gasteiger partial charge < -0.3 is 15.6 Å². The molecule has 1 unspecified atom stereocenters. The fourth-order valence-electron chi connectivity index (χ4n) is 0.353. The van der Waals surface area contributed by atoms with E-state index in [0.717, 1.165) is 5.75 Å². The maximum atomic E-state index is 11.0. The highest BCUT2D eigenvalue weighted by molar-refractivity contribution is 8.67. The fourth-order valence-corrected chi connectivity index (χ4v) is 3.81. The summed E-state index contributed by atoms with van der Waals surface area (Å²) in [6.07, 6.45) is 0. The quantitative estimate of drug-likeness (QED) is 0.706. The van der Waals surface area contributed by atoms with E-state index in [0.29, 0.717) is 6.61 Å². The molecule has 0 saturated heterocycles. The Morgan fingerprint density at radius 1 is 1.60 bits per heavy atom. The predicted molar refractivity (Wildman–Crippen MR) is 50.0 cm³/mol. The molecule has 0 saturated carbocycles. The van der Waals surface area contributed by atoms with E-state index in [-0.39, 0.29) is 6.15 Å². The number of hydrogen-bond acceptors (Lipinski definition) is 4. The van der Waals surface area contributed by atoms with E-state index in [1.165, 1.54) is 11.4 Å². The van der Waals surface area contributed by atoms with E-state index in [4.69, 9.17) is 4.52 Å². The molecule has 0 aliphatic rings. The summed E-state index contributed by atoms with van der Waals surface area (Å²) in [5.74, 6) is 0.751. The third kappa shape index (κ3) is 6.99. The summed E-state index contributed by atoms with van der Waals surface area (Å²) >= 11 is 5.84. The molecule has 0 amide bonds. The highest BCUT2D eigenvalue weighted by Gasteiger charge is 1.98. The highest BCUT2D eigenvalue weighted by Crippen LogP contribution is 2.51. The minimum absolute atomic E-state index is 0. The Labute approximate surface area is 71.0 Å². The van der Waals surface area contributed by atoms with Crippen molar-refractivity contribution in [2.24, 2.45) is 0 Å². The van der Waals surface area contributed by atoms with Crippen molar-refractivity contribution < 1.29 is 9.42 Å². The van der Waals surface area contributed by atoms with E-state index in [2.05, 4.69) is 11.8 Å². The van der Waals surface area contributed by atoms with Crippen LogP contribution in [0.25, 0.3) is 0 Å². The van der Waals surface area contributed by atoms with Crippen molar-refractivity contribution in [2.45, 2.75) is 13.8 Å². The maximum Gasteiger partial charge on any atom is 0.0485 e. The summed E-state index contributed by atoms with van der Waals surface area (Å²) in [7, 11) is 0. The maximum absolute atomic E-state index is 11.0. The van der Waals surface area contributed by atoms with Gasteiger partial charge in [0.15, 0.2) is 0 Å². The first-order valence-electron chi connectivity index (χ1n) is 2.72. The zero-order valence-corrected chi connectivity index (χ0v) is 9.02. The van der Waals surface area contributed by atoms with Gasteiger partial charge in [0.05, 0.1) is 0 Å². The molecular formula is C4H14NO2PS2. The summed E-state index contributed by atoms with van der Waals surface area (Å²) in [4.78, 5) is 11.0. The monoisotopic (exact) mass is 203 g/mol. The second-order valence-electron chi connectivity index (χ2n) is 1.28. The lowest BCUT2D eigenvalue weighted by Gasteiger charge is -2.25. The van der Waals surface area contributed by atoms with Gasteiger partial charge in [-0.25, -0.2) is 0 Å². The minimum Gasteiger partial charge on any atom is -0.793 e. The van der Waals surface area contributed by atoms with Gasteiger partial charge in [0.25, 0.3) is 0 Å². The lowest BCUT2D eigenvalue weighted by atomic mass is 10.9.